The Kier molecular flexibility index (Phi) is 8.44. The van der Waals surface area contributed by atoms with E-state index in [1.165, 1.54) is 11.1 Å². The first-order valence-corrected chi connectivity index (χ1v) is 11.1. The molecule has 4 rings (SSSR count). The van der Waals surface area contributed by atoms with Gasteiger partial charge in [-0.1, -0.05) is 48.5 Å². The van der Waals surface area contributed by atoms with Crippen LogP contribution in [-0.4, -0.2) is 44.7 Å². The fourth-order valence-electron chi connectivity index (χ4n) is 3.65. The average Bonchev–Trinajstić information content (AvgIpc) is 3.55. The predicted octanol–water partition coefficient (Wildman–Crippen LogP) is 3.98. The maximum absolute atomic E-state index is 11.7. The summed E-state index contributed by atoms with van der Waals surface area (Å²) in [6.45, 7) is 3.14. The molecule has 2 aliphatic heterocycles. The summed E-state index contributed by atoms with van der Waals surface area (Å²) in [5, 5.41) is 0.218. The number of hydrogen-bond acceptors (Lipinski definition) is 7. The Bertz CT molecular complexity index is 759. The van der Waals surface area contributed by atoms with Crippen LogP contribution in [0.5, 0.6) is 0 Å². The van der Waals surface area contributed by atoms with E-state index in [0.29, 0.717) is 39.6 Å². The van der Waals surface area contributed by atoms with Crippen LogP contribution in [0.4, 0.5) is 0 Å². The number of benzene rings is 2. The Morgan fingerprint density at radius 3 is 1.41 bits per heavy atom. The van der Waals surface area contributed by atoms with Crippen molar-refractivity contribution < 1.29 is 33.7 Å². The molecule has 172 valence electrons. The minimum Gasteiger partial charge on any atom is -0.346 e. The van der Waals surface area contributed by atoms with Gasteiger partial charge in [0.25, 0.3) is 0 Å². The van der Waals surface area contributed by atoms with Gasteiger partial charge in [-0.05, 0) is 36.8 Å². The molecule has 0 aromatic heterocycles. The van der Waals surface area contributed by atoms with Crippen LogP contribution in [0.25, 0.3) is 0 Å². The topological polar surface area (TPSA) is 75.5 Å². The van der Waals surface area contributed by atoms with E-state index >= 15 is 0 Å². The molecular formula is C24H30NO7+. The Balaban J connectivity index is 1.05. The molecule has 0 unspecified atom stereocenters. The zero-order chi connectivity index (χ0) is 22.0. The predicted molar refractivity (Wildman–Crippen MR) is 114 cm³/mol. The van der Waals surface area contributed by atoms with Crippen molar-refractivity contribution in [1.82, 2.24) is 0 Å². The van der Waals surface area contributed by atoms with Crippen LogP contribution in [0.3, 0.4) is 0 Å². The van der Waals surface area contributed by atoms with Crippen LogP contribution in [0.2, 0.25) is 0 Å². The fourth-order valence-corrected chi connectivity index (χ4v) is 3.65. The molecule has 0 spiro atoms. The molecule has 2 fully saturated rings. The van der Waals surface area contributed by atoms with E-state index in [-0.39, 0.29) is 17.7 Å². The van der Waals surface area contributed by atoms with Crippen LogP contribution in [-0.2, 0) is 41.5 Å². The molecule has 0 atom stereocenters. The lowest BCUT2D eigenvalue weighted by Crippen LogP contribution is -2.13. The zero-order valence-electron chi connectivity index (χ0n) is 18.1. The standard InChI is InChI=1S/C24H30NO7/c26-25(31-13-1-3-19-5-9-21(10-6-19)23-27-15-16-28-23)32-14-2-4-20-7-11-22(12-8-20)24-29-17-18-30-24/h5-12,23-24H,1-4,13-18H2/q+1. The Hall–Kier alpha value is -2.52. The second-order valence-corrected chi connectivity index (χ2v) is 7.73. The average molecular weight is 445 g/mol. The van der Waals surface area contributed by atoms with Crippen LogP contribution >= 0.6 is 0 Å². The van der Waals surface area contributed by atoms with Gasteiger partial charge in [0.15, 0.2) is 25.8 Å². The number of ether oxygens (including phenoxy) is 4. The molecular weight excluding hydrogens is 414 g/mol. The van der Waals surface area contributed by atoms with Crippen molar-refractivity contribution in [2.75, 3.05) is 39.6 Å². The largest absolute Gasteiger partial charge is 0.477 e. The third kappa shape index (κ3) is 6.74. The minimum absolute atomic E-state index is 0.218. The van der Waals surface area contributed by atoms with Crippen molar-refractivity contribution >= 4 is 0 Å². The molecule has 2 aromatic carbocycles. The number of rotatable bonds is 12. The van der Waals surface area contributed by atoms with Crippen molar-refractivity contribution in [3.05, 3.63) is 75.7 Å². The molecule has 2 saturated heterocycles. The van der Waals surface area contributed by atoms with Crippen LogP contribution < -0.4 is 0 Å². The highest BCUT2D eigenvalue weighted by molar-refractivity contribution is 5.24. The van der Waals surface area contributed by atoms with Gasteiger partial charge in [0.05, 0.1) is 26.4 Å². The maximum atomic E-state index is 11.7. The molecule has 0 radical (unpaired) electrons. The van der Waals surface area contributed by atoms with Crippen LogP contribution in [0, 0.1) is 4.91 Å². The summed E-state index contributed by atoms with van der Waals surface area (Å²) >= 11 is 0. The molecule has 8 heteroatoms. The zero-order valence-corrected chi connectivity index (χ0v) is 18.1. The first-order chi connectivity index (χ1) is 15.8. The number of aryl methyl sites for hydroxylation is 2. The molecule has 0 bridgehead atoms. The molecule has 0 aliphatic carbocycles. The van der Waals surface area contributed by atoms with E-state index in [1.54, 1.807) is 0 Å². The molecule has 0 N–H and O–H groups in total. The van der Waals surface area contributed by atoms with Crippen molar-refractivity contribution in [2.45, 2.75) is 38.3 Å². The molecule has 0 saturated carbocycles. The van der Waals surface area contributed by atoms with Gasteiger partial charge in [-0.25, -0.2) is 0 Å². The van der Waals surface area contributed by atoms with Crippen LogP contribution in [0.15, 0.2) is 48.5 Å². The molecule has 0 amide bonds. The van der Waals surface area contributed by atoms with E-state index in [0.717, 1.165) is 36.8 Å². The fraction of sp³-hybridized carbons (Fsp3) is 0.500. The molecule has 8 nitrogen and oxygen atoms in total. The van der Waals surface area contributed by atoms with E-state index in [9.17, 15) is 4.91 Å². The second-order valence-electron chi connectivity index (χ2n) is 7.73. The Morgan fingerprint density at radius 2 is 1.03 bits per heavy atom. The van der Waals surface area contributed by atoms with Crippen molar-refractivity contribution in [3.63, 3.8) is 0 Å². The maximum Gasteiger partial charge on any atom is 0.477 e. The summed E-state index contributed by atoms with van der Waals surface area (Å²) in [5.41, 5.74) is 4.39. The van der Waals surface area contributed by atoms with Gasteiger partial charge in [0, 0.05) is 11.1 Å². The second kappa shape index (κ2) is 11.9. The van der Waals surface area contributed by atoms with Gasteiger partial charge in [-0.15, -0.1) is 0 Å². The van der Waals surface area contributed by atoms with Crippen molar-refractivity contribution in [3.8, 4) is 0 Å². The molecule has 32 heavy (non-hydrogen) atoms. The SMILES string of the molecule is O=[N+](OCCCc1ccc(C2OCCO2)cc1)OCCCc1ccc(C2OCCO2)cc1. The molecule has 2 heterocycles. The highest BCUT2D eigenvalue weighted by atomic mass is 17.0. The third-order valence-corrected chi connectivity index (χ3v) is 5.36. The smallest absolute Gasteiger partial charge is 0.346 e. The summed E-state index contributed by atoms with van der Waals surface area (Å²) in [5.74, 6) is 0. The summed E-state index contributed by atoms with van der Waals surface area (Å²) < 4.78 is 21.9. The number of hydrogen-bond donors (Lipinski definition) is 0. The van der Waals surface area contributed by atoms with Crippen LogP contribution in [0.1, 0.15) is 47.7 Å². The van der Waals surface area contributed by atoms with E-state index < -0.39 is 0 Å². The summed E-state index contributed by atoms with van der Waals surface area (Å²) in [7, 11) is 0. The van der Waals surface area contributed by atoms with Gasteiger partial charge in [0.2, 0.25) is 0 Å². The summed E-state index contributed by atoms with van der Waals surface area (Å²) in [4.78, 5) is 21.8. The highest BCUT2D eigenvalue weighted by Crippen LogP contribution is 2.24. The van der Waals surface area contributed by atoms with E-state index in [2.05, 4.69) is 0 Å². The van der Waals surface area contributed by atoms with Gasteiger partial charge in [-0.3, -0.25) is 0 Å². The number of nitrogens with zero attached hydrogens (tertiary/aromatic N) is 1. The van der Waals surface area contributed by atoms with E-state index in [1.807, 2.05) is 48.5 Å². The molecule has 2 aromatic rings. The monoisotopic (exact) mass is 444 g/mol. The minimum atomic E-state index is -0.251. The van der Waals surface area contributed by atoms with Crippen molar-refractivity contribution in [1.29, 1.82) is 0 Å². The van der Waals surface area contributed by atoms with Gasteiger partial charge in [-0.2, -0.15) is 9.68 Å². The first-order valence-electron chi connectivity index (χ1n) is 11.1. The lowest BCUT2D eigenvalue weighted by molar-refractivity contribution is -0.981. The summed E-state index contributed by atoms with van der Waals surface area (Å²) in [6, 6.07) is 16.2. The Labute approximate surface area is 187 Å². The van der Waals surface area contributed by atoms with Gasteiger partial charge in [0.1, 0.15) is 4.91 Å². The van der Waals surface area contributed by atoms with Crippen molar-refractivity contribution in [2.24, 2.45) is 0 Å². The third-order valence-electron chi connectivity index (χ3n) is 5.36. The molecule has 2 aliphatic rings. The summed E-state index contributed by atoms with van der Waals surface area (Å²) in [6.07, 6.45) is 2.57. The lowest BCUT2D eigenvalue weighted by atomic mass is 10.1. The van der Waals surface area contributed by atoms with Gasteiger partial charge >= 0.3 is 5.09 Å². The van der Waals surface area contributed by atoms with Gasteiger partial charge < -0.3 is 18.9 Å². The van der Waals surface area contributed by atoms with E-state index in [4.69, 9.17) is 28.6 Å². The Morgan fingerprint density at radius 1 is 0.656 bits per heavy atom. The normalized spacial score (nSPS) is 17.0. The quantitative estimate of drug-likeness (QED) is 0.362. The lowest BCUT2D eigenvalue weighted by Gasteiger charge is -2.09. The highest BCUT2D eigenvalue weighted by Gasteiger charge is 2.19. The first kappa shape index (κ1) is 22.7.